The standard InChI is InChI=1S/C15H22N6O3/c1-10-4-7-20(9-11(10)14(22)19-5-2-3-6-19)15-17-8-12(21(23)24)13(16)18-15/h8,10-11H,2-7,9H2,1H3,(H2,16,17,18)/t10-,11+/m1/s1. The summed E-state index contributed by atoms with van der Waals surface area (Å²) in [5, 5.41) is 10.8. The quantitative estimate of drug-likeness (QED) is 0.648. The number of carbonyl (C=O) groups is 1. The highest BCUT2D eigenvalue weighted by Gasteiger charge is 2.36. The van der Waals surface area contributed by atoms with E-state index >= 15 is 0 Å². The van der Waals surface area contributed by atoms with Crippen LogP contribution in [-0.4, -0.2) is 51.9 Å². The Hall–Kier alpha value is -2.45. The molecule has 9 heteroatoms. The Morgan fingerprint density at radius 2 is 2.08 bits per heavy atom. The van der Waals surface area contributed by atoms with Gasteiger partial charge in [0.05, 0.1) is 10.8 Å². The van der Waals surface area contributed by atoms with Crippen molar-refractivity contribution in [2.45, 2.75) is 26.2 Å². The highest BCUT2D eigenvalue weighted by atomic mass is 16.6. The minimum absolute atomic E-state index is 0.100. The summed E-state index contributed by atoms with van der Waals surface area (Å²) in [6.07, 6.45) is 4.12. The topological polar surface area (TPSA) is 118 Å². The number of nitrogens with zero attached hydrogens (tertiary/aromatic N) is 5. The number of rotatable bonds is 3. The SMILES string of the molecule is C[C@@H]1CCN(c2ncc([N+](=O)[O-])c(N)n2)C[C@@H]1C(=O)N1CCCC1. The van der Waals surface area contributed by atoms with Gasteiger partial charge in [0.2, 0.25) is 17.7 Å². The molecule has 1 aromatic heterocycles. The normalized spacial score (nSPS) is 24.2. The van der Waals surface area contributed by atoms with E-state index in [9.17, 15) is 14.9 Å². The van der Waals surface area contributed by atoms with Gasteiger partial charge in [0.25, 0.3) is 0 Å². The van der Waals surface area contributed by atoms with Crippen LogP contribution in [0.25, 0.3) is 0 Å². The lowest BCUT2D eigenvalue weighted by Crippen LogP contribution is -2.48. The number of carbonyl (C=O) groups excluding carboxylic acids is 1. The Balaban J connectivity index is 1.76. The van der Waals surface area contributed by atoms with Crippen molar-refractivity contribution >= 4 is 23.4 Å². The summed E-state index contributed by atoms with van der Waals surface area (Å²) in [6, 6.07) is 0. The van der Waals surface area contributed by atoms with Crippen LogP contribution in [0.15, 0.2) is 6.20 Å². The van der Waals surface area contributed by atoms with Crippen molar-refractivity contribution in [2.24, 2.45) is 11.8 Å². The van der Waals surface area contributed by atoms with Crippen LogP contribution >= 0.6 is 0 Å². The molecule has 0 radical (unpaired) electrons. The van der Waals surface area contributed by atoms with Gasteiger partial charge in [-0.3, -0.25) is 14.9 Å². The molecule has 1 amide bonds. The van der Waals surface area contributed by atoms with E-state index in [1.54, 1.807) is 0 Å². The highest BCUT2D eigenvalue weighted by Crippen LogP contribution is 2.29. The van der Waals surface area contributed by atoms with Crippen molar-refractivity contribution < 1.29 is 9.72 Å². The molecular formula is C15H22N6O3. The van der Waals surface area contributed by atoms with Crippen LogP contribution in [0.1, 0.15) is 26.2 Å². The van der Waals surface area contributed by atoms with Gasteiger partial charge in [-0.05, 0) is 25.2 Å². The maximum atomic E-state index is 12.7. The van der Waals surface area contributed by atoms with Gasteiger partial charge in [0.1, 0.15) is 6.20 Å². The zero-order chi connectivity index (χ0) is 17.3. The molecule has 2 aliphatic rings. The first-order valence-corrected chi connectivity index (χ1v) is 8.28. The van der Waals surface area contributed by atoms with E-state index in [4.69, 9.17) is 5.73 Å². The molecule has 2 atom stereocenters. The average molecular weight is 334 g/mol. The van der Waals surface area contributed by atoms with Crippen molar-refractivity contribution in [3.05, 3.63) is 16.3 Å². The molecular weight excluding hydrogens is 312 g/mol. The number of likely N-dealkylation sites (tertiary alicyclic amines) is 1. The molecule has 1 aromatic rings. The molecule has 2 aliphatic heterocycles. The maximum Gasteiger partial charge on any atom is 0.329 e. The Labute approximate surface area is 140 Å². The molecule has 0 bridgehead atoms. The molecule has 0 unspecified atom stereocenters. The fourth-order valence-corrected chi connectivity index (χ4v) is 3.42. The molecule has 130 valence electrons. The van der Waals surface area contributed by atoms with Gasteiger partial charge in [-0.1, -0.05) is 6.92 Å². The molecule has 2 fully saturated rings. The lowest BCUT2D eigenvalue weighted by Gasteiger charge is -2.37. The summed E-state index contributed by atoms with van der Waals surface area (Å²) < 4.78 is 0. The predicted octanol–water partition coefficient (Wildman–Crippen LogP) is 1.05. The van der Waals surface area contributed by atoms with E-state index in [-0.39, 0.29) is 23.3 Å². The summed E-state index contributed by atoms with van der Waals surface area (Å²) in [7, 11) is 0. The number of amides is 1. The van der Waals surface area contributed by atoms with E-state index in [0.717, 1.165) is 38.5 Å². The monoisotopic (exact) mass is 334 g/mol. The fourth-order valence-electron chi connectivity index (χ4n) is 3.42. The summed E-state index contributed by atoms with van der Waals surface area (Å²) in [5.74, 6) is 0.594. The average Bonchev–Trinajstić information content (AvgIpc) is 3.08. The van der Waals surface area contributed by atoms with E-state index in [2.05, 4.69) is 16.9 Å². The predicted molar refractivity (Wildman–Crippen MR) is 88.4 cm³/mol. The first-order chi connectivity index (χ1) is 11.5. The number of anilines is 2. The Bertz CT molecular complexity index is 646. The smallest absolute Gasteiger partial charge is 0.329 e. The lowest BCUT2D eigenvalue weighted by atomic mass is 9.86. The third kappa shape index (κ3) is 3.10. The molecule has 3 heterocycles. The molecule has 9 nitrogen and oxygen atoms in total. The second-order valence-corrected chi connectivity index (χ2v) is 6.55. The summed E-state index contributed by atoms with van der Waals surface area (Å²) in [6.45, 7) is 5.00. The Kier molecular flexibility index (Phi) is 4.50. The molecule has 24 heavy (non-hydrogen) atoms. The van der Waals surface area contributed by atoms with Crippen molar-refractivity contribution in [1.29, 1.82) is 0 Å². The van der Waals surface area contributed by atoms with E-state index in [0.29, 0.717) is 25.0 Å². The number of hydrogen-bond acceptors (Lipinski definition) is 7. The molecule has 0 aliphatic carbocycles. The first-order valence-electron chi connectivity index (χ1n) is 8.28. The summed E-state index contributed by atoms with van der Waals surface area (Å²) in [4.78, 5) is 34.9. The van der Waals surface area contributed by atoms with Crippen LogP contribution in [-0.2, 0) is 4.79 Å². The first kappa shape index (κ1) is 16.4. The van der Waals surface area contributed by atoms with E-state index in [1.807, 2.05) is 9.80 Å². The lowest BCUT2D eigenvalue weighted by molar-refractivity contribution is -0.384. The Morgan fingerprint density at radius 3 is 2.71 bits per heavy atom. The molecule has 0 aromatic carbocycles. The van der Waals surface area contributed by atoms with Gasteiger partial charge in [0, 0.05) is 26.2 Å². The highest BCUT2D eigenvalue weighted by molar-refractivity contribution is 5.80. The summed E-state index contributed by atoms with van der Waals surface area (Å²) >= 11 is 0. The molecule has 0 spiro atoms. The third-order valence-corrected chi connectivity index (χ3v) is 4.96. The van der Waals surface area contributed by atoms with E-state index in [1.165, 1.54) is 0 Å². The van der Waals surface area contributed by atoms with Crippen molar-refractivity contribution in [2.75, 3.05) is 36.8 Å². The van der Waals surface area contributed by atoms with Crippen molar-refractivity contribution in [3.63, 3.8) is 0 Å². The van der Waals surface area contributed by atoms with Crippen LogP contribution < -0.4 is 10.6 Å². The third-order valence-electron chi connectivity index (χ3n) is 4.96. The largest absolute Gasteiger partial charge is 0.378 e. The van der Waals surface area contributed by atoms with Gasteiger partial charge in [-0.25, -0.2) is 4.98 Å². The van der Waals surface area contributed by atoms with Crippen molar-refractivity contribution in [3.8, 4) is 0 Å². The zero-order valence-electron chi connectivity index (χ0n) is 13.7. The number of hydrogen-bond donors (Lipinski definition) is 1. The molecule has 0 saturated carbocycles. The zero-order valence-corrected chi connectivity index (χ0v) is 13.7. The van der Waals surface area contributed by atoms with Crippen LogP contribution in [0, 0.1) is 22.0 Å². The van der Waals surface area contributed by atoms with Gasteiger partial charge in [0.15, 0.2) is 0 Å². The molecule has 3 rings (SSSR count). The summed E-state index contributed by atoms with van der Waals surface area (Å²) in [5.41, 5.74) is 5.36. The number of nitro groups is 1. The Morgan fingerprint density at radius 1 is 1.38 bits per heavy atom. The van der Waals surface area contributed by atoms with Gasteiger partial charge < -0.3 is 15.5 Å². The fraction of sp³-hybridized carbons (Fsp3) is 0.667. The number of piperidine rings is 1. The maximum absolute atomic E-state index is 12.7. The molecule has 2 saturated heterocycles. The number of nitrogens with two attached hydrogens (primary N) is 1. The molecule has 2 N–H and O–H groups in total. The number of aromatic nitrogens is 2. The van der Waals surface area contributed by atoms with E-state index < -0.39 is 4.92 Å². The number of nitrogen functional groups attached to an aromatic ring is 1. The minimum atomic E-state index is -0.600. The van der Waals surface area contributed by atoms with Gasteiger partial charge in [-0.2, -0.15) is 4.98 Å². The van der Waals surface area contributed by atoms with Crippen LogP contribution in [0.2, 0.25) is 0 Å². The second kappa shape index (κ2) is 6.58. The second-order valence-electron chi connectivity index (χ2n) is 6.55. The van der Waals surface area contributed by atoms with Crippen molar-refractivity contribution in [1.82, 2.24) is 14.9 Å². The van der Waals surface area contributed by atoms with Gasteiger partial charge >= 0.3 is 5.69 Å². The van der Waals surface area contributed by atoms with Crippen LogP contribution in [0.3, 0.4) is 0 Å². The van der Waals surface area contributed by atoms with Crippen LogP contribution in [0.4, 0.5) is 17.5 Å². The van der Waals surface area contributed by atoms with Crippen LogP contribution in [0.5, 0.6) is 0 Å². The van der Waals surface area contributed by atoms with Gasteiger partial charge in [-0.15, -0.1) is 0 Å². The minimum Gasteiger partial charge on any atom is -0.378 e.